The minimum atomic E-state index is 0.00172. The molecule has 0 radical (unpaired) electrons. The molecule has 0 unspecified atom stereocenters. The number of carbonyl (C=O) groups is 1. The molecule has 3 rings (SSSR count). The number of methoxy groups -OCH3 is 1. The number of likely N-dealkylation sites (tertiary alicyclic amines) is 1. The molecule has 0 aromatic carbocycles. The number of nitrogens with zero attached hydrogens (tertiary/aromatic N) is 3. The van der Waals surface area contributed by atoms with Crippen molar-refractivity contribution in [1.29, 1.82) is 0 Å². The molecule has 0 bridgehead atoms. The number of aromatic nitrogens is 3. The summed E-state index contributed by atoms with van der Waals surface area (Å²) >= 11 is 0. The Balaban J connectivity index is 1.75. The molecule has 7 heteroatoms. The lowest BCUT2D eigenvalue weighted by molar-refractivity contribution is 0.000425. The molecular weight excluding hydrogens is 308 g/mol. The van der Waals surface area contributed by atoms with Crippen molar-refractivity contribution in [2.75, 3.05) is 26.9 Å². The van der Waals surface area contributed by atoms with Crippen LogP contribution in [0.3, 0.4) is 0 Å². The molecule has 0 saturated carbocycles. The lowest BCUT2D eigenvalue weighted by atomic mass is 10.0. The molecule has 1 saturated heterocycles. The topological polar surface area (TPSA) is 72.4 Å². The molecule has 0 aliphatic carbocycles. The minimum absolute atomic E-state index is 0.00172. The first kappa shape index (κ1) is 16.7. The zero-order valence-corrected chi connectivity index (χ0v) is 14.1. The van der Waals surface area contributed by atoms with Crippen molar-refractivity contribution in [2.24, 2.45) is 7.05 Å². The van der Waals surface area contributed by atoms with Gasteiger partial charge >= 0.3 is 0 Å². The summed E-state index contributed by atoms with van der Waals surface area (Å²) < 4.78 is 12.8. The number of amides is 1. The zero-order valence-electron chi connectivity index (χ0n) is 14.1. The molecule has 130 valence electrons. The maximum Gasteiger partial charge on any atom is 0.270 e. The van der Waals surface area contributed by atoms with Gasteiger partial charge in [0.1, 0.15) is 5.69 Å². The Labute approximate surface area is 141 Å². The number of ether oxygens (including phenoxy) is 2. The average molecular weight is 332 g/mol. The fourth-order valence-electron chi connectivity index (χ4n) is 3.23. The number of H-pyrrole nitrogens is 1. The summed E-state index contributed by atoms with van der Waals surface area (Å²) in [5.41, 5.74) is 1.72. The molecule has 2 aromatic rings. The summed E-state index contributed by atoms with van der Waals surface area (Å²) in [5, 5.41) is 4.23. The molecular formula is C17H24N4O3. The van der Waals surface area contributed by atoms with Gasteiger partial charge in [0, 0.05) is 33.1 Å². The smallest absolute Gasteiger partial charge is 0.270 e. The van der Waals surface area contributed by atoms with Crippen LogP contribution in [-0.4, -0.2) is 64.6 Å². The molecule has 24 heavy (non-hydrogen) atoms. The fourth-order valence-corrected chi connectivity index (χ4v) is 3.23. The second-order valence-electron chi connectivity index (χ2n) is 6.07. The van der Waals surface area contributed by atoms with E-state index in [4.69, 9.17) is 9.47 Å². The van der Waals surface area contributed by atoms with Gasteiger partial charge in [0.15, 0.2) is 0 Å². The van der Waals surface area contributed by atoms with E-state index < -0.39 is 0 Å². The van der Waals surface area contributed by atoms with Gasteiger partial charge in [-0.25, -0.2) is 0 Å². The van der Waals surface area contributed by atoms with E-state index in [-0.39, 0.29) is 18.1 Å². The van der Waals surface area contributed by atoms with Crippen molar-refractivity contribution in [3.05, 3.63) is 42.0 Å². The molecule has 2 atom stereocenters. The Morgan fingerprint density at radius 3 is 3.00 bits per heavy atom. The minimum Gasteiger partial charge on any atom is -0.382 e. The van der Waals surface area contributed by atoms with Gasteiger partial charge < -0.3 is 19.4 Å². The van der Waals surface area contributed by atoms with E-state index >= 15 is 0 Å². The summed E-state index contributed by atoms with van der Waals surface area (Å²) in [5.74, 6) is 0.0201. The predicted octanol–water partition coefficient (Wildman–Crippen LogP) is 1.24. The Bertz CT molecular complexity index is 653. The molecule has 1 aliphatic rings. The number of carbonyl (C=O) groups excluding carboxylic acids is 1. The second kappa shape index (κ2) is 7.63. The maximum absolute atomic E-state index is 12.8. The van der Waals surface area contributed by atoms with Gasteiger partial charge in [-0.1, -0.05) is 0 Å². The van der Waals surface area contributed by atoms with Crippen molar-refractivity contribution in [3.8, 4) is 0 Å². The number of hydrogen-bond acceptors (Lipinski definition) is 4. The van der Waals surface area contributed by atoms with Crippen LogP contribution in [0.4, 0.5) is 0 Å². The summed E-state index contributed by atoms with van der Waals surface area (Å²) in [6, 6.07) is 3.65. The Hall–Kier alpha value is -2.12. The molecule has 2 aromatic heterocycles. The van der Waals surface area contributed by atoms with Crippen molar-refractivity contribution in [1.82, 2.24) is 19.7 Å². The fraction of sp³-hybridized carbons (Fsp3) is 0.529. The highest BCUT2D eigenvalue weighted by molar-refractivity contribution is 5.92. The standard InChI is InChI=1S/C17H24N4O3/c1-20-12-13(11-19-20)10-15-16(24-9-8-23-2)5-7-21(15)17(22)14-4-3-6-18-14/h3-4,6,11-12,15-16,18H,5,7-10H2,1-2H3/t15-,16+/m1/s1. The van der Waals surface area contributed by atoms with Crippen LogP contribution in [0.2, 0.25) is 0 Å². The van der Waals surface area contributed by atoms with Crippen LogP contribution >= 0.6 is 0 Å². The van der Waals surface area contributed by atoms with Crippen LogP contribution in [0.1, 0.15) is 22.5 Å². The Morgan fingerprint density at radius 1 is 1.46 bits per heavy atom. The summed E-state index contributed by atoms with van der Waals surface area (Å²) in [4.78, 5) is 17.7. The van der Waals surface area contributed by atoms with Crippen molar-refractivity contribution in [2.45, 2.75) is 25.0 Å². The highest BCUT2D eigenvalue weighted by Gasteiger charge is 2.38. The molecule has 3 heterocycles. The Morgan fingerprint density at radius 2 is 2.33 bits per heavy atom. The number of hydrogen-bond donors (Lipinski definition) is 1. The Kier molecular flexibility index (Phi) is 5.32. The highest BCUT2D eigenvalue weighted by Crippen LogP contribution is 2.26. The van der Waals surface area contributed by atoms with Gasteiger partial charge in [-0.15, -0.1) is 0 Å². The van der Waals surface area contributed by atoms with E-state index in [1.807, 2.05) is 36.5 Å². The second-order valence-corrected chi connectivity index (χ2v) is 6.07. The van der Waals surface area contributed by atoms with Crippen LogP contribution in [0, 0.1) is 0 Å². The quantitative estimate of drug-likeness (QED) is 0.774. The van der Waals surface area contributed by atoms with Gasteiger partial charge in [0.25, 0.3) is 5.91 Å². The number of aromatic amines is 1. The number of nitrogens with one attached hydrogen (secondary N) is 1. The van der Waals surface area contributed by atoms with Crippen molar-refractivity contribution in [3.63, 3.8) is 0 Å². The summed E-state index contributed by atoms with van der Waals surface area (Å²) in [6.07, 6.45) is 7.19. The monoisotopic (exact) mass is 332 g/mol. The van der Waals surface area contributed by atoms with Gasteiger partial charge in [-0.05, 0) is 30.5 Å². The van der Waals surface area contributed by atoms with E-state index in [2.05, 4.69) is 10.1 Å². The van der Waals surface area contributed by atoms with Crippen LogP contribution in [0.5, 0.6) is 0 Å². The normalized spacial score (nSPS) is 20.7. The van der Waals surface area contributed by atoms with E-state index in [0.29, 0.717) is 25.5 Å². The van der Waals surface area contributed by atoms with E-state index in [9.17, 15) is 4.79 Å². The van der Waals surface area contributed by atoms with Gasteiger partial charge in [0.05, 0.1) is 31.6 Å². The van der Waals surface area contributed by atoms with E-state index in [0.717, 1.165) is 18.4 Å². The van der Waals surface area contributed by atoms with E-state index in [1.165, 1.54) is 0 Å². The van der Waals surface area contributed by atoms with Gasteiger partial charge in [-0.2, -0.15) is 5.10 Å². The van der Waals surface area contributed by atoms with Gasteiger partial charge in [0.2, 0.25) is 0 Å². The third-order valence-corrected chi connectivity index (χ3v) is 4.40. The third-order valence-electron chi connectivity index (χ3n) is 4.40. The molecule has 1 aliphatic heterocycles. The largest absolute Gasteiger partial charge is 0.382 e. The molecule has 0 spiro atoms. The lowest BCUT2D eigenvalue weighted by Gasteiger charge is -2.27. The zero-order chi connectivity index (χ0) is 16.9. The lowest BCUT2D eigenvalue weighted by Crippen LogP contribution is -2.42. The SMILES string of the molecule is COCCO[C@H]1CCN(C(=O)c2ccc[nH]2)[C@@H]1Cc1cnn(C)c1. The predicted molar refractivity (Wildman–Crippen MR) is 88.8 cm³/mol. The first-order chi connectivity index (χ1) is 11.7. The van der Waals surface area contributed by atoms with Crippen molar-refractivity contribution < 1.29 is 14.3 Å². The average Bonchev–Trinajstić information content (AvgIpc) is 3.30. The molecule has 1 fully saturated rings. The van der Waals surface area contributed by atoms with Crippen LogP contribution < -0.4 is 0 Å². The van der Waals surface area contributed by atoms with Crippen LogP contribution in [0.25, 0.3) is 0 Å². The van der Waals surface area contributed by atoms with Crippen LogP contribution in [0.15, 0.2) is 30.7 Å². The molecule has 1 amide bonds. The number of aryl methyl sites for hydroxylation is 1. The van der Waals surface area contributed by atoms with E-state index in [1.54, 1.807) is 18.0 Å². The number of rotatable bonds is 7. The third kappa shape index (κ3) is 3.68. The summed E-state index contributed by atoms with van der Waals surface area (Å²) in [6.45, 7) is 1.79. The maximum atomic E-state index is 12.8. The van der Waals surface area contributed by atoms with Crippen molar-refractivity contribution >= 4 is 5.91 Å². The highest BCUT2D eigenvalue weighted by atomic mass is 16.5. The van der Waals surface area contributed by atoms with Gasteiger partial charge in [-0.3, -0.25) is 9.48 Å². The van der Waals surface area contributed by atoms with Crippen LogP contribution in [-0.2, 0) is 22.9 Å². The first-order valence-corrected chi connectivity index (χ1v) is 8.21. The molecule has 1 N–H and O–H groups in total. The first-order valence-electron chi connectivity index (χ1n) is 8.21. The summed E-state index contributed by atoms with van der Waals surface area (Å²) in [7, 11) is 3.55. The molecule has 7 nitrogen and oxygen atoms in total.